The van der Waals surface area contributed by atoms with E-state index in [0.29, 0.717) is 40.2 Å². The highest BCUT2D eigenvalue weighted by molar-refractivity contribution is 6.05. The van der Waals surface area contributed by atoms with Gasteiger partial charge < -0.3 is 39.2 Å². The van der Waals surface area contributed by atoms with Gasteiger partial charge in [0.25, 0.3) is 0 Å². The first-order valence-electron chi connectivity index (χ1n) is 13.9. The maximum atomic E-state index is 12.8. The topological polar surface area (TPSA) is 140 Å². The number of methoxy groups -OCH3 is 3. The molecule has 2 aromatic carbocycles. The lowest BCUT2D eigenvalue weighted by Crippen LogP contribution is -2.29. The molecule has 0 bridgehead atoms. The quantitative estimate of drug-likeness (QED) is 0.176. The predicted octanol–water partition coefficient (Wildman–Crippen LogP) is 4.08. The van der Waals surface area contributed by atoms with Crippen LogP contribution in [-0.2, 0) is 21.3 Å². The molecule has 0 atom stereocenters. The van der Waals surface area contributed by atoms with E-state index in [2.05, 4.69) is 27.1 Å². The molecule has 0 aliphatic carbocycles. The van der Waals surface area contributed by atoms with Gasteiger partial charge in [-0.25, -0.2) is 19.6 Å². The minimum Gasteiger partial charge on any atom is -0.494 e. The number of hydrogen-bond acceptors (Lipinski definition) is 11. The first-order chi connectivity index (χ1) is 21.5. The molecule has 13 nitrogen and oxygen atoms in total. The normalized spacial score (nSPS) is 10.8. The van der Waals surface area contributed by atoms with E-state index in [1.807, 2.05) is 43.9 Å². The molecule has 0 saturated carbocycles. The molecular weight excluding hydrogens is 578 g/mol. The second-order valence-electron chi connectivity index (χ2n) is 10.4. The molecule has 0 spiro atoms. The van der Waals surface area contributed by atoms with Gasteiger partial charge in [-0.1, -0.05) is 6.58 Å². The first-order valence-corrected chi connectivity index (χ1v) is 13.9. The Morgan fingerprint density at radius 1 is 1.00 bits per heavy atom. The molecule has 2 heterocycles. The second-order valence-corrected chi connectivity index (χ2v) is 10.4. The van der Waals surface area contributed by atoms with E-state index >= 15 is 0 Å². The van der Waals surface area contributed by atoms with Crippen LogP contribution in [0.4, 0.5) is 23.0 Å². The van der Waals surface area contributed by atoms with Crippen LogP contribution in [0.15, 0.2) is 55.4 Å². The third-order valence-electron chi connectivity index (χ3n) is 7.16. The molecule has 4 aromatic rings. The zero-order valence-electron chi connectivity index (χ0n) is 26.4. The molecule has 45 heavy (non-hydrogen) atoms. The number of hydrogen-bond donors (Lipinski definition) is 2. The fraction of sp³-hybridized carbons (Fsp3) is 0.281. The molecule has 13 heteroatoms. The maximum absolute atomic E-state index is 12.8. The van der Waals surface area contributed by atoms with E-state index in [9.17, 15) is 14.4 Å². The number of aryl methyl sites for hydroxylation is 1. The average molecular weight is 616 g/mol. The number of aromatic nitrogens is 3. The Balaban J connectivity index is 1.84. The summed E-state index contributed by atoms with van der Waals surface area (Å²) >= 11 is 0. The number of nitrogens with one attached hydrogen (secondary N) is 2. The van der Waals surface area contributed by atoms with Crippen LogP contribution in [0.25, 0.3) is 22.2 Å². The lowest BCUT2D eigenvalue weighted by Gasteiger charge is -2.26. The number of esters is 2. The summed E-state index contributed by atoms with van der Waals surface area (Å²) in [6.45, 7) is 5.04. The average Bonchev–Trinajstić information content (AvgIpc) is 3.37. The molecule has 0 saturated heterocycles. The molecule has 0 fully saturated rings. The zero-order chi connectivity index (χ0) is 32.8. The highest BCUT2D eigenvalue weighted by atomic mass is 16.5. The van der Waals surface area contributed by atoms with Crippen LogP contribution >= 0.6 is 0 Å². The number of nitrogens with zero attached hydrogens (tertiary/aromatic N) is 5. The Bertz CT molecular complexity index is 1760. The first kappa shape index (κ1) is 32.5. The van der Waals surface area contributed by atoms with Crippen molar-refractivity contribution in [2.24, 2.45) is 7.05 Å². The Labute approximate surface area is 261 Å². The van der Waals surface area contributed by atoms with Gasteiger partial charge in [0.15, 0.2) is 0 Å². The van der Waals surface area contributed by atoms with Crippen molar-refractivity contribution in [2.45, 2.75) is 0 Å². The fourth-order valence-corrected chi connectivity index (χ4v) is 4.76. The highest BCUT2D eigenvalue weighted by Crippen LogP contribution is 2.39. The molecule has 0 unspecified atom stereocenters. The summed E-state index contributed by atoms with van der Waals surface area (Å²) in [4.78, 5) is 50.7. The van der Waals surface area contributed by atoms with Crippen LogP contribution in [0.2, 0.25) is 0 Å². The minimum atomic E-state index is -0.630. The summed E-state index contributed by atoms with van der Waals surface area (Å²) in [5, 5.41) is 6.72. The van der Waals surface area contributed by atoms with Crippen molar-refractivity contribution in [1.82, 2.24) is 19.4 Å². The monoisotopic (exact) mass is 615 g/mol. The van der Waals surface area contributed by atoms with Gasteiger partial charge >= 0.3 is 11.9 Å². The Hall–Kier alpha value is -5.43. The minimum absolute atomic E-state index is 0.128. The SMILES string of the molecule is C=CC(=O)Nc1cc(Nc2ncc(C(=O)OC)c(-c3cn(C)c4ccc(C(=O)OC)cc34)n2)c(OC)cc1N(C)CCN(C)C. The summed E-state index contributed by atoms with van der Waals surface area (Å²) in [7, 11) is 11.9. The third kappa shape index (κ3) is 7.04. The van der Waals surface area contributed by atoms with Crippen molar-refractivity contribution in [3.63, 3.8) is 0 Å². The number of anilines is 4. The van der Waals surface area contributed by atoms with E-state index in [-0.39, 0.29) is 23.1 Å². The van der Waals surface area contributed by atoms with Crippen molar-refractivity contribution in [2.75, 3.05) is 71.1 Å². The van der Waals surface area contributed by atoms with Crippen LogP contribution < -0.4 is 20.3 Å². The Kier molecular flexibility index (Phi) is 10.0. The van der Waals surface area contributed by atoms with Gasteiger partial charge in [0.1, 0.15) is 11.3 Å². The summed E-state index contributed by atoms with van der Waals surface area (Å²) in [5.74, 6) is -0.890. The van der Waals surface area contributed by atoms with E-state index in [0.717, 1.165) is 17.7 Å². The molecule has 0 aliphatic heterocycles. The smallest absolute Gasteiger partial charge is 0.341 e. The summed E-state index contributed by atoms with van der Waals surface area (Å²) in [6, 6.07) is 8.68. The molecule has 2 aromatic heterocycles. The highest BCUT2D eigenvalue weighted by Gasteiger charge is 2.23. The van der Waals surface area contributed by atoms with Crippen molar-refractivity contribution < 1.29 is 28.6 Å². The van der Waals surface area contributed by atoms with E-state index < -0.39 is 11.9 Å². The number of fused-ring (bicyclic) bond motifs is 1. The van der Waals surface area contributed by atoms with Crippen molar-refractivity contribution in [1.29, 1.82) is 0 Å². The number of ether oxygens (including phenoxy) is 3. The van der Waals surface area contributed by atoms with Crippen LogP contribution in [0, 0.1) is 0 Å². The number of likely N-dealkylation sites (N-methyl/N-ethyl adjacent to an activating group) is 2. The van der Waals surface area contributed by atoms with Crippen molar-refractivity contribution in [3.05, 3.63) is 66.5 Å². The summed E-state index contributed by atoms with van der Waals surface area (Å²) in [6.07, 6.45) is 4.37. The third-order valence-corrected chi connectivity index (χ3v) is 7.16. The van der Waals surface area contributed by atoms with E-state index in [1.54, 1.807) is 30.3 Å². The van der Waals surface area contributed by atoms with Crippen LogP contribution in [0.1, 0.15) is 20.7 Å². The molecule has 0 radical (unpaired) electrons. The fourth-order valence-electron chi connectivity index (χ4n) is 4.76. The van der Waals surface area contributed by atoms with Gasteiger partial charge in [0.2, 0.25) is 11.9 Å². The van der Waals surface area contributed by atoms with Gasteiger partial charge in [-0.2, -0.15) is 0 Å². The van der Waals surface area contributed by atoms with Gasteiger partial charge in [-0.15, -0.1) is 0 Å². The lowest BCUT2D eigenvalue weighted by atomic mass is 10.0. The molecular formula is C32H37N7O6. The van der Waals surface area contributed by atoms with Crippen molar-refractivity contribution >= 4 is 51.8 Å². The largest absolute Gasteiger partial charge is 0.494 e. The summed E-state index contributed by atoms with van der Waals surface area (Å²) in [5.41, 5.74) is 3.85. The Morgan fingerprint density at radius 3 is 2.38 bits per heavy atom. The van der Waals surface area contributed by atoms with Gasteiger partial charge in [-0.3, -0.25) is 4.79 Å². The van der Waals surface area contributed by atoms with Gasteiger partial charge in [0.05, 0.1) is 49.6 Å². The Morgan fingerprint density at radius 2 is 1.73 bits per heavy atom. The number of carbonyl (C=O) groups is 3. The number of rotatable bonds is 12. The number of carbonyl (C=O) groups excluding carboxylic acids is 3. The summed E-state index contributed by atoms with van der Waals surface area (Å²) < 4.78 is 17.5. The number of amides is 1. The lowest BCUT2D eigenvalue weighted by molar-refractivity contribution is -0.111. The standard InChI is InChI=1S/C32H37N7O6/c1-9-28(40)34-23-15-24(27(43-6)16-26(23)38(4)13-12-37(2)3)35-32-33-17-21(31(42)45-8)29(36-32)22-18-39(5)25-11-10-19(14-20(22)25)30(41)44-7/h9-11,14-18H,1,12-13H2,2-8H3,(H,34,40)(H,33,35,36). The maximum Gasteiger partial charge on any atom is 0.341 e. The van der Waals surface area contributed by atoms with E-state index in [4.69, 9.17) is 19.2 Å². The van der Waals surface area contributed by atoms with Crippen LogP contribution in [-0.4, -0.2) is 92.8 Å². The molecule has 236 valence electrons. The van der Waals surface area contributed by atoms with Crippen LogP contribution in [0.5, 0.6) is 5.75 Å². The van der Waals surface area contributed by atoms with Crippen molar-refractivity contribution in [3.8, 4) is 17.0 Å². The molecule has 4 rings (SSSR count). The van der Waals surface area contributed by atoms with Gasteiger partial charge in [-0.05, 0) is 44.4 Å². The molecule has 0 aliphatic rings. The van der Waals surface area contributed by atoms with E-state index in [1.165, 1.54) is 33.6 Å². The number of benzene rings is 2. The second kappa shape index (κ2) is 13.9. The molecule has 2 N–H and O–H groups in total. The zero-order valence-corrected chi connectivity index (χ0v) is 26.4. The van der Waals surface area contributed by atoms with Crippen LogP contribution in [0.3, 0.4) is 0 Å². The molecule has 1 amide bonds. The predicted molar refractivity (Wildman–Crippen MR) is 174 cm³/mol. The van der Waals surface area contributed by atoms with Gasteiger partial charge in [0, 0.05) is 62.1 Å².